The Labute approximate surface area is 169 Å². The number of hydrogen-bond donors (Lipinski definition) is 1. The van der Waals surface area contributed by atoms with Crippen molar-refractivity contribution in [3.63, 3.8) is 0 Å². The molecule has 0 spiro atoms. The fourth-order valence-corrected chi connectivity index (χ4v) is 3.87. The molecule has 0 saturated carbocycles. The highest BCUT2D eigenvalue weighted by molar-refractivity contribution is 5.79. The van der Waals surface area contributed by atoms with Crippen LogP contribution in [0.1, 0.15) is 23.0 Å². The number of nitrogens with zero attached hydrogens (tertiary/aromatic N) is 6. The lowest BCUT2D eigenvalue weighted by Crippen LogP contribution is -2.47. The van der Waals surface area contributed by atoms with Crippen molar-refractivity contribution in [3.05, 3.63) is 51.6 Å². The summed E-state index contributed by atoms with van der Waals surface area (Å²) < 4.78 is 6.95. The van der Waals surface area contributed by atoms with Gasteiger partial charge in [-0.2, -0.15) is 0 Å². The molecule has 3 aromatic rings. The highest BCUT2D eigenvalue weighted by atomic mass is 16.5. The third kappa shape index (κ3) is 4.07. The van der Waals surface area contributed by atoms with Gasteiger partial charge in [0, 0.05) is 44.4 Å². The van der Waals surface area contributed by atoms with Gasteiger partial charge in [0.15, 0.2) is 5.82 Å². The van der Waals surface area contributed by atoms with E-state index in [1.54, 1.807) is 11.8 Å². The van der Waals surface area contributed by atoms with E-state index in [0.717, 1.165) is 42.6 Å². The van der Waals surface area contributed by atoms with Crippen LogP contribution in [0.15, 0.2) is 29.1 Å². The van der Waals surface area contributed by atoms with Gasteiger partial charge < -0.3 is 14.6 Å². The topological polar surface area (TPSA) is 92.2 Å². The summed E-state index contributed by atoms with van der Waals surface area (Å²) in [5.74, 6) is 0.670. The van der Waals surface area contributed by atoms with Crippen molar-refractivity contribution in [2.45, 2.75) is 19.5 Å². The number of H-pyrrole nitrogens is 1. The maximum absolute atomic E-state index is 13.1. The van der Waals surface area contributed by atoms with Gasteiger partial charge in [0.2, 0.25) is 0 Å². The zero-order chi connectivity index (χ0) is 20.4. The quantitative estimate of drug-likeness (QED) is 0.658. The number of nitrogens with one attached hydrogen (secondary N) is 1. The number of likely N-dealkylation sites (N-methyl/N-ethyl adjacent to an activating group) is 1. The molecule has 1 aliphatic heterocycles. The molecule has 1 N–H and O–H groups in total. The van der Waals surface area contributed by atoms with Crippen molar-refractivity contribution >= 4 is 10.9 Å². The second-order valence-corrected chi connectivity index (χ2v) is 7.64. The molecule has 0 aliphatic carbocycles. The number of benzene rings is 1. The van der Waals surface area contributed by atoms with Crippen molar-refractivity contribution in [3.8, 4) is 0 Å². The maximum Gasteiger partial charge on any atom is 0.253 e. The molecule has 29 heavy (non-hydrogen) atoms. The Balaban J connectivity index is 1.82. The molecule has 1 fully saturated rings. The largest absolute Gasteiger partial charge is 0.383 e. The predicted molar refractivity (Wildman–Crippen MR) is 110 cm³/mol. The van der Waals surface area contributed by atoms with Crippen LogP contribution in [0.3, 0.4) is 0 Å². The van der Waals surface area contributed by atoms with Gasteiger partial charge in [-0.05, 0) is 48.0 Å². The highest BCUT2D eigenvalue weighted by Gasteiger charge is 2.32. The Morgan fingerprint density at radius 3 is 2.76 bits per heavy atom. The summed E-state index contributed by atoms with van der Waals surface area (Å²) in [5.41, 5.74) is 2.55. The van der Waals surface area contributed by atoms with E-state index in [4.69, 9.17) is 4.74 Å². The smallest absolute Gasteiger partial charge is 0.253 e. The van der Waals surface area contributed by atoms with E-state index in [0.29, 0.717) is 24.5 Å². The number of piperazine rings is 1. The van der Waals surface area contributed by atoms with E-state index < -0.39 is 0 Å². The zero-order valence-corrected chi connectivity index (χ0v) is 17.1. The molecular formula is C20H27N7O2. The van der Waals surface area contributed by atoms with Crippen molar-refractivity contribution in [2.24, 2.45) is 0 Å². The first-order valence-corrected chi connectivity index (χ1v) is 9.88. The fourth-order valence-electron chi connectivity index (χ4n) is 3.87. The molecular weight excluding hydrogens is 370 g/mol. The summed E-state index contributed by atoms with van der Waals surface area (Å²) in [6, 6.07) is 7.71. The summed E-state index contributed by atoms with van der Waals surface area (Å²) in [7, 11) is 3.76. The van der Waals surface area contributed by atoms with Crippen molar-refractivity contribution in [2.75, 3.05) is 46.9 Å². The van der Waals surface area contributed by atoms with Crippen molar-refractivity contribution < 1.29 is 4.74 Å². The van der Waals surface area contributed by atoms with Gasteiger partial charge in [-0.3, -0.25) is 9.69 Å². The first-order chi connectivity index (χ1) is 14.1. The van der Waals surface area contributed by atoms with Crippen molar-refractivity contribution in [1.29, 1.82) is 0 Å². The summed E-state index contributed by atoms with van der Waals surface area (Å²) >= 11 is 0. The third-order valence-corrected chi connectivity index (χ3v) is 5.54. The van der Waals surface area contributed by atoms with Crippen LogP contribution in [-0.2, 0) is 11.3 Å². The minimum atomic E-state index is -0.316. The number of aromatic amines is 1. The number of fused-ring (bicyclic) bond motifs is 1. The number of ether oxygens (including phenoxy) is 1. The molecule has 0 radical (unpaired) electrons. The lowest BCUT2D eigenvalue weighted by atomic mass is 10.0. The lowest BCUT2D eigenvalue weighted by molar-refractivity contribution is 0.119. The molecule has 0 bridgehead atoms. The van der Waals surface area contributed by atoms with E-state index in [2.05, 4.69) is 43.4 Å². The number of pyridine rings is 1. The number of aromatic nitrogens is 5. The van der Waals surface area contributed by atoms with E-state index in [-0.39, 0.29) is 11.6 Å². The van der Waals surface area contributed by atoms with E-state index in [1.165, 1.54) is 0 Å². The number of hydrogen-bond acceptors (Lipinski definition) is 7. The molecule has 154 valence electrons. The molecule has 9 nitrogen and oxygen atoms in total. The third-order valence-electron chi connectivity index (χ3n) is 5.54. The van der Waals surface area contributed by atoms with Gasteiger partial charge in [-0.15, -0.1) is 5.10 Å². The first-order valence-electron chi connectivity index (χ1n) is 9.88. The van der Waals surface area contributed by atoms with Crippen LogP contribution in [0, 0.1) is 6.92 Å². The average molecular weight is 397 g/mol. The van der Waals surface area contributed by atoms with Crippen LogP contribution in [-0.4, -0.2) is 81.9 Å². The van der Waals surface area contributed by atoms with Gasteiger partial charge in [0.25, 0.3) is 5.56 Å². The van der Waals surface area contributed by atoms with Crippen LogP contribution in [0.2, 0.25) is 0 Å². The van der Waals surface area contributed by atoms with Gasteiger partial charge in [0.05, 0.1) is 13.2 Å². The van der Waals surface area contributed by atoms with Crippen LogP contribution in [0.4, 0.5) is 0 Å². The highest BCUT2D eigenvalue weighted by Crippen LogP contribution is 2.27. The van der Waals surface area contributed by atoms with E-state index in [1.807, 2.05) is 25.1 Å². The molecule has 4 rings (SSSR count). The molecule has 1 unspecified atom stereocenters. The predicted octanol–water partition coefficient (Wildman–Crippen LogP) is 0.806. The number of methoxy groups -OCH3 is 1. The Morgan fingerprint density at radius 1 is 1.21 bits per heavy atom. The van der Waals surface area contributed by atoms with E-state index in [9.17, 15) is 4.79 Å². The minimum absolute atomic E-state index is 0.105. The normalized spacial score (nSPS) is 17.1. The van der Waals surface area contributed by atoms with Crippen LogP contribution < -0.4 is 5.56 Å². The summed E-state index contributed by atoms with van der Waals surface area (Å²) in [6.45, 7) is 6.62. The molecule has 9 heteroatoms. The molecule has 0 amide bonds. The Bertz CT molecular complexity index is 1040. The minimum Gasteiger partial charge on any atom is -0.383 e. The summed E-state index contributed by atoms with van der Waals surface area (Å²) in [6.07, 6.45) is 0. The molecule has 1 atom stereocenters. The lowest BCUT2D eigenvalue weighted by Gasteiger charge is -2.37. The fraction of sp³-hybridized carbons (Fsp3) is 0.500. The zero-order valence-electron chi connectivity index (χ0n) is 17.1. The number of aryl methyl sites for hydroxylation is 1. The SMILES string of the molecule is COCCn1nnnc1C(c1cc2cc(C)ccc2[nH]c1=O)N1CCN(C)CC1. The monoisotopic (exact) mass is 397 g/mol. The number of tetrazole rings is 1. The number of rotatable bonds is 6. The molecule has 2 aromatic heterocycles. The summed E-state index contributed by atoms with van der Waals surface area (Å²) in [5, 5.41) is 13.4. The molecule has 1 saturated heterocycles. The van der Waals surface area contributed by atoms with E-state index >= 15 is 0 Å². The Kier molecular flexibility index (Phi) is 5.70. The van der Waals surface area contributed by atoms with Crippen LogP contribution >= 0.6 is 0 Å². The summed E-state index contributed by atoms with van der Waals surface area (Å²) in [4.78, 5) is 20.7. The van der Waals surface area contributed by atoms with Crippen LogP contribution in [0.5, 0.6) is 0 Å². The Morgan fingerprint density at radius 2 is 2.00 bits per heavy atom. The standard InChI is InChI=1S/C20H27N7O2/c1-14-4-5-17-15(12-14)13-16(20(28)21-17)18(26-8-6-25(2)7-9-26)19-22-23-24-27(19)10-11-29-3/h4-5,12-13,18H,6-11H2,1-3H3,(H,21,28). The van der Waals surface area contributed by atoms with Gasteiger partial charge in [-0.25, -0.2) is 4.68 Å². The second kappa shape index (κ2) is 8.40. The van der Waals surface area contributed by atoms with Crippen LogP contribution in [0.25, 0.3) is 10.9 Å². The molecule has 3 heterocycles. The molecule has 1 aliphatic rings. The maximum atomic E-state index is 13.1. The van der Waals surface area contributed by atoms with Crippen molar-refractivity contribution in [1.82, 2.24) is 35.0 Å². The molecule has 1 aromatic carbocycles. The average Bonchev–Trinajstić information content (AvgIpc) is 3.17. The second-order valence-electron chi connectivity index (χ2n) is 7.64. The van der Waals surface area contributed by atoms with Gasteiger partial charge >= 0.3 is 0 Å². The Hall–Kier alpha value is -2.62. The van der Waals surface area contributed by atoms with Gasteiger partial charge in [0.1, 0.15) is 6.04 Å². The first kappa shape index (κ1) is 19.7. The van der Waals surface area contributed by atoms with Gasteiger partial charge in [-0.1, -0.05) is 11.6 Å².